The van der Waals surface area contributed by atoms with E-state index in [2.05, 4.69) is 9.44 Å². The molecule has 0 fully saturated rings. The van der Waals surface area contributed by atoms with Gasteiger partial charge in [0.05, 0.1) is 0 Å². The van der Waals surface area contributed by atoms with Crippen molar-refractivity contribution in [3.05, 3.63) is 35.9 Å². The fourth-order valence-electron chi connectivity index (χ4n) is 1.22. The average Bonchev–Trinajstić information content (AvgIpc) is 2.36. The van der Waals surface area contributed by atoms with Crippen LogP contribution in [0.15, 0.2) is 35.5 Å². The van der Waals surface area contributed by atoms with Gasteiger partial charge in [-0.15, -0.1) is 11.8 Å². The third-order valence-corrected chi connectivity index (χ3v) is 3.30. The van der Waals surface area contributed by atoms with Gasteiger partial charge in [0.1, 0.15) is 5.04 Å². The quantitative estimate of drug-likeness (QED) is 0.119. The van der Waals surface area contributed by atoms with Crippen LogP contribution >= 0.6 is 11.8 Å². The van der Waals surface area contributed by atoms with Crippen LogP contribution in [0.5, 0.6) is 0 Å². The van der Waals surface area contributed by atoms with Crippen LogP contribution in [0.1, 0.15) is 12.0 Å². The molecule has 0 radical (unpaired) electrons. The number of hydrogen-bond donors (Lipinski definition) is 1. The zero-order valence-corrected chi connectivity index (χ0v) is 15.8. The minimum Gasteiger partial charge on any atom is -0.714 e. The van der Waals surface area contributed by atoms with Gasteiger partial charge < -0.3 is 9.66 Å². The average molecular weight is 343 g/mol. The number of nitrogens with zero attached hydrogens (tertiary/aromatic N) is 1. The Balaban J connectivity index is 0.00000361. The van der Waals surface area contributed by atoms with Gasteiger partial charge in [-0.3, -0.25) is 4.28 Å². The first-order valence-electron chi connectivity index (χ1n) is 5.50. The summed E-state index contributed by atoms with van der Waals surface area (Å²) in [6.07, 6.45) is 0.912. The summed E-state index contributed by atoms with van der Waals surface area (Å²) in [6, 6.07) is 9.26. The second-order valence-electron chi connectivity index (χ2n) is 3.56. The van der Waals surface area contributed by atoms with Gasteiger partial charge in [-0.1, -0.05) is 35.5 Å². The van der Waals surface area contributed by atoms with Crippen LogP contribution in [-0.4, -0.2) is 35.5 Å². The second kappa shape index (κ2) is 11.2. The summed E-state index contributed by atoms with van der Waals surface area (Å²) in [4.78, 5) is 0. The maximum atomic E-state index is 10.4. The van der Waals surface area contributed by atoms with E-state index in [-0.39, 0.29) is 58.0 Å². The molecule has 6 nitrogen and oxygen atoms in total. The van der Waals surface area contributed by atoms with E-state index in [1.807, 2.05) is 30.3 Å². The Bertz CT molecular complexity index is 507. The topological polar surface area (TPSA) is 99.0 Å². The van der Waals surface area contributed by atoms with E-state index in [0.29, 0.717) is 23.6 Å². The molecule has 0 saturated carbocycles. The Morgan fingerprint density at radius 3 is 2.55 bits per heavy atom. The zero-order valence-electron chi connectivity index (χ0n) is 11.1. The summed E-state index contributed by atoms with van der Waals surface area (Å²) in [5, 5.41) is 12.4. The predicted molar refractivity (Wildman–Crippen MR) is 72.5 cm³/mol. The molecule has 0 bridgehead atoms. The van der Waals surface area contributed by atoms with Crippen molar-refractivity contribution in [2.45, 2.75) is 12.8 Å². The summed E-state index contributed by atoms with van der Waals surface area (Å²) >= 11 is 1.24. The molecule has 1 N–H and O–H groups in total. The normalized spacial score (nSPS) is 11.8. The Labute approximate surface area is 165 Å². The van der Waals surface area contributed by atoms with E-state index >= 15 is 0 Å². The number of rotatable bonds is 7. The molecular formula is C11H14KNO5S2. The van der Waals surface area contributed by atoms with Gasteiger partial charge in [0, 0.05) is 18.8 Å². The van der Waals surface area contributed by atoms with Gasteiger partial charge in [-0.2, -0.15) is 8.42 Å². The SMILES string of the molecule is O=S(=O)([O-])O/N=C(/Cc1ccccc1)SCCCO.[K+]. The van der Waals surface area contributed by atoms with Crippen LogP contribution < -0.4 is 51.4 Å². The van der Waals surface area contributed by atoms with Crippen LogP contribution in [-0.2, 0) is 21.1 Å². The van der Waals surface area contributed by atoms with E-state index in [1.165, 1.54) is 11.8 Å². The molecule has 20 heavy (non-hydrogen) atoms. The maximum Gasteiger partial charge on any atom is 1.00 e. The van der Waals surface area contributed by atoms with Crippen molar-refractivity contribution in [2.75, 3.05) is 12.4 Å². The summed E-state index contributed by atoms with van der Waals surface area (Å²) in [6.45, 7) is 0.0341. The van der Waals surface area contributed by atoms with E-state index < -0.39 is 10.4 Å². The minimum atomic E-state index is -4.84. The number of aliphatic hydroxyl groups excluding tert-OH is 1. The van der Waals surface area contributed by atoms with Gasteiger partial charge in [-0.05, 0) is 12.0 Å². The van der Waals surface area contributed by atoms with Crippen LogP contribution in [0.3, 0.4) is 0 Å². The van der Waals surface area contributed by atoms with Crippen molar-refractivity contribution in [3.8, 4) is 0 Å². The van der Waals surface area contributed by atoms with Crippen LogP contribution in [0.25, 0.3) is 0 Å². The van der Waals surface area contributed by atoms with Gasteiger partial charge in [0.15, 0.2) is 0 Å². The van der Waals surface area contributed by atoms with Crippen LogP contribution in [0.4, 0.5) is 0 Å². The van der Waals surface area contributed by atoms with Gasteiger partial charge in [-0.25, -0.2) is 0 Å². The fraction of sp³-hybridized carbons (Fsp3) is 0.364. The van der Waals surface area contributed by atoms with Gasteiger partial charge >= 0.3 is 51.4 Å². The summed E-state index contributed by atoms with van der Waals surface area (Å²) in [5.74, 6) is 0.560. The second-order valence-corrected chi connectivity index (χ2v) is 5.69. The molecule has 0 amide bonds. The van der Waals surface area contributed by atoms with E-state index in [4.69, 9.17) is 5.11 Å². The zero-order chi connectivity index (χ0) is 14.1. The largest absolute Gasteiger partial charge is 1.00 e. The maximum absolute atomic E-state index is 10.4. The van der Waals surface area contributed by atoms with E-state index in [9.17, 15) is 13.0 Å². The first kappa shape index (κ1) is 20.5. The third kappa shape index (κ3) is 10.3. The Morgan fingerprint density at radius 2 is 2.00 bits per heavy atom. The number of thioether (sulfide) groups is 1. The van der Waals surface area contributed by atoms with Crippen molar-refractivity contribution in [1.29, 1.82) is 0 Å². The number of aliphatic hydroxyl groups is 1. The molecule has 1 rings (SSSR count). The molecule has 0 aromatic heterocycles. The molecule has 0 unspecified atom stereocenters. The van der Waals surface area contributed by atoms with E-state index in [1.54, 1.807) is 0 Å². The first-order chi connectivity index (χ1) is 9.01. The molecule has 0 saturated heterocycles. The predicted octanol–water partition coefficient (Wildman–Crippen LogP) is -1.86. The number of benzene rings is 1. The third-order valence-electron chi connectivity index (χ3n) is 2.00. The van der Waals surface area contributed by atoms with Crippen molar-refractivity contribution in [3.63, 3.8) is 0 Å². The molecule has 9 heteroatoms. The molecule has 1 aromatic rings. The number of oxime groups is 1. The monoisotopic (exact) mass is 343 g/mol. The molecule has 0 aliphatic heterocycles. The molecule has 0 aliphatic rings. The molecule has 0 aliphatic carbocycles. The fourth-order valence-corrected chi connectivity index (χ4v) is 2.32. The smallest absolute Gasteiger partial charge is 0.714 e. The minimum absolute atomic E-state index is 0. The van der Waals surface area contributed by atoms with Gasteiger partial charge in [0.2, 0.25) is 0 Å². The van der Waals surface area contributed by atoms with Crippen LogP contribution in [0.2, 0.25) is 0 Å². The van der Waals surface area contributed by atoms with Gasteiger partial charge in [0.25, 0.3) is 10.4 Å². The summed E-state index contributed by atoms with van der Waals surface area (Å²) < 4.78 is 35.1. The Hall–Kier alpha value is 0.546. The standard InChI is InChI=1S/C11H15NO5S2.K/c13-7-4-8-18-11(12-17-19(14,15)16)9-10-5-2-1-3-6-10;/h1-3,5-6,13H,4,7-9H2,(H,14,15,16);/q;+1/p-1/b12-11-;. The van der Waals surface area contributed by atoms with Crippen LogP contribution in [0, 0.1) is 0 Å². The van der Waals surface area contributed by atoms with Crippen molar-refractivity contribution in [1.82, 2.24) is 0 Å². The molecular weight excluding hydrogens is 329 g/mol. The van der Waals surface area contributed by atoms with Crippen molar-refractivity contribution in [2.24, 2.45) is 5.16 Å². The van der Waals surface area contributed by atoms with E-state index in [0.717, 1.165) is 5.56 Å². The summed E-state index contributed by atoms with van der Waals surface area (Å²) in [7, 11) is -4.84. The van der Waals surface area contributed by atoms with Crippen molar-refractivity contribution >= 4 is 27.2 Å². The Morgan fingerprint density at radius 1 is 1.35 bits per heavy atom. The number of hydrogen-bond acceptors (Lipinski definition) is 7. The first-order valence-corrected chi connectivity index (χ1v) is 7.82. The molecule has 0 atom stereocenters. The molecule has 0 heterocycles. The molecule has 0 spiro atoms. The van der Waals surface area contributed by atoms with Crippen molar-refractivity contribution < 1.29 is 73.7 Å². The summed E-state index contributed by atoms with van der Waals surface area (Å²) in [5.41, 5.74) is 0.921. The Kier molecular flexibility index (Phi) is 11.5. The molecule has 106 valence electrons. The molecule has 1 aromatic carbocycles.